The predicted molar refractivity (Wildman–Crippen MR) is 121 cm³/mol. The number of rotatable bonds is 5. The predicted octanol–water partition coefficient (Wildman–Crippen LogP) is 4.12. The fraction of sp³-hybridized carbons (Fsp3) is 0.400. The minimum absolute atomic E-state index is 0. The Bertz CT molecular complexity index is 879. The van der Waals surface area contributed by atoms with Crippen molar-refractivity contribution in [1.29, 1.82) is 0 Å². The normalized spacial score (nSPS) is 11.7. The van der Waals surface area contributed by atoms with E-state index in [9.17, 15) is 0 Å². The second-order valence-electron chi connectivity index (χ2n) is 6.88. The lowest BCUT2D eigenvalue weighted by atomic mass is 10.1. The first-order valence-electron chi connectivity index (χ1n) is 8.89. The minimum atomic E-state index is 0. The second kappa shape index (κ2) is 9.25. The van der Waals surface area contributed by atoms with Crippen molar-refractivity contribution in [2.24, 2.45) is 12.0 Å². The van der Waals surface area contributed by atoms with E-state index in [1.807, 2.05) is 37.0 Å². The summed E-state index contributed by atoms with van der Waals surface area (Å²) in [4.78, 5) is 6.50. The third-order valence-corrected chi connectivity index (χ3v) is 4.36. The number of hydrogen-bond donors (Lipinski definition) is 1. The molecule has 0 radical (unpaired) electrons. The molecule has 146 valence electrons. The number of aromatic nitrogens is 2. The summed E-state index contributed by atoms with van der Waals surface area (Å²) >= 11 is 0. The molecule has 0 atom stereocenters. The third kappa shape index (κ3) is 5.03. The standard InChI is InChI=1S/C20H27N5O.HI/c1-14(2)19-16(13-25(5)23-19)12-24(4)20(21-3)22-11-17-10-15-8-6-7-9-18(15)26-17;/h6-10,13-14H,11-12H2,1-5H3,(H,21,22);1H. The van der Waals surface area contributed by atoms with Crippen molar-refractivity contribution in [3.63, 3.8) is 0 Å². The smallest absolute Gasteiger partial charge is 0.194 e. The quantitative estimate of drug-likeness (QED) is 0.339. The molecular formula is C20H28IN5O. The van der Waals surface area contributed by atoms with E-state index in [1.54, 1.807) is 7.05 Å². The van der Waals surface area contributed by atoms with Gasteiger partial charge in [0.25, 0.3) is 0 Å². The van der Waals surface area contributed by atoms with E-state index in [4.69, 9.17) is 4.42 Å². The zero-order valence-corrected chi connectivity index (χ0v) is 18.9. The zero-order chi connectivity index (χ0) is 18.7. The zero-order valence-electron chi connectivity index (χ0n) is 16.6. The van der Waals surface area contributed by atoms with Crippen molar-refractivity contribution >= 4 is 40.9 Å². The highest BCUT2D eigenvalue weighted by Gasteiger charge is 2.15. The number of furan rings is 1. The van der Waals surface area contributed by atoms with Crippen LogP contribution in [0.15, 0.2) is 45.9 Å². The van der Waals surface area contributed by atoms with E-state index in [0.29, 0.717) is 12.5 Å². The van der Waals surface area contributed by atoms with E-state index >= 15 is 0 Å². The first kappa shape index (κ1) is 21.3. The molecule has 0 spiro atoms. The van der Waals surface area contributed by atoms with Crippen LogP contribution in [0, 0.1) is 0 Å². The van der Waals surface area contributed by atoms with Gasteiger partial charge >= 0.3 is 0 Å². The number of hydrogen-bond acceptors (Lipinski definition) is 3. The molecule has 2 heterocycles. The molecule has 3 aromatic rings. The van der Waals surface area contributed by atoms with Gasteiger partial charge in [0.15, 0.2) is 5.96 Å². The monoisotopic (exact) mass is 481 g/mol. The highest BCUT2D eigenvalue weighted by molar-refractivity contribution is 14.0. The van der Waals surface area contributed by atoms with Crippen molar-refractivity contribution in [2.45, 2.75) is 32.9 Å². The molecule has 7 heteroatoms. The van der Waals surface area contributed by atoms with Gasteiger partial charge in [-0.3, -0.25) is 9.67 Å². The number of nitrogens with zero attached hydrogens (tertiary/aromatic N) is 4. The summed E-state index contributed by atoms with van der Waals surface area (Å²) < 4.78 is 7.74. The summed E-state index contributed by atoms with van der Waals surface area (Å²) in [6.07, 6.45) is 2.08. The molecule has 0 aliphatic carbocycles. The Morgan fingerprint density at radius 3 is 2.74 bits per heavy atom. The summed E-state index contributed by atoms with van der Waals surface area (Å²) in [5, 5.41) is 9.07. The Labute approximate surface area is 177 Å². The van der Waals surface area contributed by atoms with Crippen LogP contribution in [0.4, 0.5) is 0 Å². The Morgan fingerprint density at radius 1 is 1.33 bits per heavy atom. The number of aryl methyl sites for hydroxylation is 1. The maximum atomic E-state index is 5.87. The maximum absolute atomic E-state index is 5.87. The van der Waals surface area contributed by atoms with Gasteiger partial charge in [0.1, 0.15) is 11.3 Å². The third-order valence-electron chi connectivity index (χ3n) is 4.36. The maximum Gasteiger partial charge on any atom is 0.194 e. The fourth-order valence-corrected chi connectivity index (χ4v) is 3.17. The molecule has 27 heavy (non-hydrogen) atoms. The largest absolute Gasteiger partial charge is 0.459 e. The SMILES string of the molecule is CN=C(NCc1cc2ccccc2o1)N(C)Cc1cn(C)nc1C(C)C.I. The van der Waals surface area contributed by atoms with Crippen molar-refractivity contribution in [3.05, 3.63) is 53.5 Å². The molecule has 3 rings (SSSR count). The first-order valence-corrected chi connectivity index (χ1v) is 8.89. The number of para-hydroxylation sites is 1. The molecular weight excluding hydrogens is 453 g/mol. The van der Waals surface area contributed by atoms with Crippen LogP contribution in [0.2, 0.25) is 0 Å². The topological polar surface area (TPSA) is 58.6 Å². The summed E-state index contributed by atoms with van der Waals surface area (Å²) in [7, 11) is 5.79. The van der Waals surface area contributed by atoms with Gasteiger partial charge in [-0.25, -0.2) is 0 Å². The molecule has 0 unspecified atom stereocenters. The van der Waals surface area contributed by atoms with Crippen LogP contribution in [0.1, 0.15) is 36.8 Å². The Kier molecular flexibility index (Phi) is 7.29. The van der Waals surface area contributed by atoms with Crippen molar-refractivity contribution < 1.29 is 4.42 Å². The summed E-state index contributed by atoms with van der Waals surface area (Å²) in [5.74, 6) is 2.11. The lowest BCUT2D eigenvalue weighted by Gasteiger charge is -2.22. The van der Waals surface area contributed by atoms with Crippen LogP contribution < -0.4 is 5.32 Å². The van der Waals surface area contributed by atoms with Gasteiger partial charge in [-0.15, -0.1) is 24.0 Å². The van der Waals surface area contributed by atoms with Gasteiger partial charge < -0.3 is 14.6 Å². The van der Waals surface area contributed by atoms with E-state index < -0.39 is 0 Å². The van der Waals surface area contributed by atoms with Gasteiger partial charge in [0, 0.05) is 44.8 Å². The van der Waals surface area contributed by atoms with Crippen LogP contribution in [-0.4, -0.2) is 34.7 Å². The molecule has 6 nitrogen and oxygen atoms in total. The van der Waals surface area contributed by atoms with Crippen LogP contribution in [0.5, 0.6) is 0 Å². The first-order chi connectivity index (χ1) is 12.5. The number of aliphatic imine (C=N–C) groups is 1. The minimum Gasteiger partial charge on any atom is -0.459 e. The lowest BCUT2D eigenvalue weighted by Crippen LogP contribution is -2.38. The van der Waals surface area contributed by atoms with Crippen LogP contribution in [-0.2, 0) is 20.1 Å². The van der Waals surface area contributed by atoms with Gasteiger partial charge in [-0.2, -0.15) is 5.10 Å². The molecule has 0 aliphatic heterocycles. The molecule has 1 N–H and O–H groups in total. The van der Waals surface area contributed by atoms with Crippen LogP contribution in [0.3, 0.4) is 0 Å². The molecule has 0 saturated heterocycles. The molecule has 0 aliphatic rings. The highest BCUT2D eigenvalue weighted by atomic mass is 127. The summed E-state index contributed by atoms with van der Waals surface area (Å²) in [6, 6.07) is 10.1. The van der Waals surface area contributed by atoms with E-state index in [2.05, 4.69) is 52.5 Å². The van der Waals surface area contributed by atoms with E-state index in [0.717, 1.165) is 34.9 Å². The average Bonchev–Trinajstić information content (AvgIpc) is 3.18. The Hall–Kier alpha value is -2.03. The molecule has 0 bridgehead atoms. The van der Waals surface area contributed by atoms with Gasteiger partial charge in [-0.05, 0) is 18.1 Å². The Morgan fingerprint density at radius 2 is 2.07 bits per heavy atom. The molecule has 0 saturated carbocycles. The fourth-order valence-electron chi connectivity index (χ4n) is 3.17. The number of benzene rings is 1. The van der Waals surface area contributed by atoms with Crippen LogP contribution in [0.25, 0.3) is 11.0 Å². The summed E-state index contributed by atoms with van der Waals surface area (Å²) in [5.41, 5.74) is 3.26. The number of nitrogens with one attached hydrogen (secondary N) is 1. The van der Waals surface area contributed by atoms with Gasteiger partial charge in [0.2, 0.25) is 0 Å². The second-order valence-corrected chi connectivity index (χ2v) is 6.88. The Balaban J connectivity index is 0.00000261. The lowest BCUT2D eigenvalue weighted by molar-refractivity contribution is 0.463. The molecule has 1 aromatic carbocycles. The number of guanidine groups is 1. The number of fused-ring (bicyclic) bond motifs is 1. The molecule has 0 amide bonds. The van der Waals surface area contributed by atoms with Gasteiger partial charge in [-0.1, -0.05) is 32.0 Å². The van der Waals surface area contributed by atoms with Crippen molar-refractivity contribution in [2.75, 3.05) is 14.1 Å². The summed E-state index contributed by atoms with van der Waals surface area (Å²) in [6.45, 7) is 5.68. The molecule has 0 fully saturated rings. The number of halogens is 1. The molecule has 2 aromatic heterocycles. The van der Waals surface area contributed by atoms with Gasteiger partial charge in [0.05, 0.1) is 12.2 Å². The van der Waals surface area contributed by atoms with Crippen molar-refractivity contribution in [3.8, 4) is 0 Å². The van der Waals surface area contributed by atoms with Crippen LogP contribution >= 0.6 is 24.0 Å². The average molecular weight is 481 g/mol. The van der Waals surface area contributed by atoms with E-state index in [1.165, 1.54) is 5.56 Å². The van der Waals surface area contributed by atoms with Crippen molar-refractivity contribution in [1.82, 2.24) is 20.0 Å². The highest BCUT2D eigenvalue weighted by Crippen LogP contribution is 2.20. The van der Waals surface area contributed by atoms with E-state index in [-0.39, 0.29) is 24.0 Å².